The van der Waals surface area contributed by atoms with Crippen molar-refractivity contribution in [3.05, 3.63) is 60.2 Å². The Hall–Kier alpha value is -3.18. The van der Waals surface area contributed by atoms with E-state index < -0.39 is 6.04 Å². The van der Waals surface area contributed by atoms with Crippen LogP contribution in [0.3, 0.4) is 0 Å². The summed E-state index contributed by atoms with van der Waals surface area (Å²) in [6.45, 7) is 4.91. The zero-order valence-corrected chi connectivity index (χ0v) is 20.1. The number of hydrogen-bond donors (Lipinski definition) is 2. The second-order valence-electron chi connectivity index (χ2n) is 9.06. The third-order valence-corrected chi connectivity index (χ3v) is 6.58. The van der Waals surface area contributed by atoms with Crippen LogP contribution in [0.15, 0.2) is 54.6 Å². The predicted molar refractivity (Wildman–Crippen MR) is 139 cm³/mol. The third kappa shape index (κ3) is 4.85. The van der Waals surface area contributed by atoms with Crippen LogP contribution in [0.2, 0.25) is 0 Å². The fraction of sp³-hybridized carbons (Fsp3) is 0.379. The van der Waals surface area contributed by atoms with Crippen molar-refractivity contribution in [1.82, 2.24) is 10.2 Å². The normalized spacial score (nSPS) is 12.4. The number of aliphatic hydroxyl groups excluding tert-OH is 1. The molecular formula is C29H34N2O3. The molecule has 0 fully saturated rings. The highest BCUT2D eigenvalue weighted by atomic mass is 16.3. The standard InChI is InChI=1S/C29H34N2O3/c1-3-17-31(18-4-2)29(34)25(19-32)30-26(33)10-6-7-20-11-12-23-14-13-21-8-5-9-22-15-16-24(20)28(23)27(21)22/h5,8-9,11-16,25,32H,3-4,6-7,10,17-19H2,1-2H3,(H,30,33). The van der Waals surface area contributed by atoms with Gasteiger partial charge >= 0.3 is 0 Å². The highest BCUT2D eigenvalue weighted by Crippen LogP contribution is 2.36. The average Bonchev–Trinajstić information content (AvgIpc) is 2.86. The van der Waals surface area contributed by atoms with Crippen LogP contribution in [0.4, 0.5) is 0 Å². The van der Waals surface area contributed by atoms with E-state index in [0.717, 1.165) is 19.3 Å². The quantitative estimate of drug-likeness (QED) is 0.310. The summed E-state index contributed by atoms with van der Waals surface area (Å²) in [5.74, 6) is -0.399. The van der Waals surface area contributed by atoms with Crippen molar-refractivity contribution in [2.75, 3.05) is 19.7 Å². The van der Waals surface area contributed by atoms with Crippen LogP contribution in [0.1, 0.15) is 45.1 Å². The van der Waals surface area contributed by atoms with Crippen molar-refractivity contribution in [2.45, 2.75) is 52.0 Å². The lowest BCUT2D eigenvalue weighted by Crippen LogP contribution is -2.50. The second kappa shape index (κ2) is 10.8. The van der Waals surface area contributed by atoms with Crippen LogP contribution in [-0.4, -0.2) is 47.6 Å². The lowest BCUT2D eigenvalue weighted by Gasteiger charge is -2.26. The topological polar surface area (TPSA) is 69.6 Å². The Bertz CT molecular complexity index is 1260. The van der Waals surface area contributed by atoms with Crippen molar-refractivity contribution in [3.63, 3.8) is 0 Å². The van der Waals surface area contributed by atoms with E-state index in [9.17, 15) is 14.7 Å². The third-order valence-electron chi connectivity index (χ3n) is 6.58. The van der Waals surface area contributed by atoms with Gasteiger partial charge in [0.2, 0.25) is 11.8 Å². The monoisotopic (exact) mass is 458 g/mol. The van der Waals surface area contributed by atoms with Crippen LogP contribution in [0, 0.1) is 0 Å². The molecule has 2 amide bonds. The SMILES string of the molecule is CCCN(CCC)C(=O)C(CO)NC(=O)CCCc1ccc2ccc3cccc4ccc1c2c34. The summed E-state index contributed by atoms with van der Waals surface area (Å²) in [5.41, 5.74) is 1.23. The van der Waals surface area contributed by atoms with Gasteiger partial charge in [0.15, 0.2) is 0 Å². The van der Waals surface area contributed by atoms with E-state index in [-0.39, 0.29) is 18.4 Å². The minimum atomic E-state index is -0.875. The number of hydrogen-bond acceptors (Lipinski definition) is 3. The first-order valence-corrected chi connectivity index (χ1v) is 12.4. The molecule has 0 aliphatic heterocycles. The maximum atomic E-state index is 12.7. The number of nitrogens with one attached hydrogen (secondary N) is 1. The molecular weight excluding hydrogens is 424 g/mol. The zero-order valence-electron chi connectivity index (χ0n) is 20.1. The summed E-state index contributed by atoms with van der Waals surface area (Å²) in [6, 6.07) is 18.6. The zero-order chi connectivity index (χ0) is 24.1. The van der Waals surface area contributed by atoms with Gasteiger partial charge in [0, 0.05) is 19.5 Å². The number of benzene rings is 4. The van der Waals surface area contributed by atoms with Gasteiger partial charge in [-0.3, -0.25) is 9.59 Å². The summed E-state index contributed by atoms with van der Waals surface area (Å²) in [7, 11) is 0. The summed E-state index contributed by atoms with van der Waals surface area (Å²) < 4.78 is 0. The van der Waals surface area contributed by atoms with E-state index in [2.05, 4.69) is 59.9 Å². The first-order valence-electron chi connectivity index (χ1n) is 12.4. The van der Waals surface area contributed by atoms with Gasteiger partial charge in [-0.2, -0.15) is 0 Å². The number of aryl methyl sites for hydroxylation is 1. The first-order chi connectivity index (χ1) is 16.6. The van der Waals surface area contributed by atoms with E-state index >= 15 is 0 Å². The van der Waals surface area contributed by atoms with Gasteiger partial charge < -0.3 is 15.3 Å². The average molecular weight is 459 g/mol. The van der Waals surface area contributed by atoms with Crippen molar-refractivity contribution < 1.29 is 14.7 Å². The molecule has 1 unspecified atom stereocenters. The molecule has 5 nitrogen and oxygen atoms in total. The predicted octanol–water partition coefficient (Wildman–Crippen LogP) is 5.03. The van der Waals surface area contributed by atoms with Crippen LogP contribution in [-0.2, 0) is 16.0 Å². The fourth-order valence-corrected chi connectivity index (χ4v) is 5.00. The first kappa shape index (κ1) is 24.0. The molecule has 0 radical (unpaired) electrons. The Morgan fingerprint density at radius 1 is 0.882 bits per heavy atom. The van der Waals surface area contributed by atoms with Crippen molar-refractivity contribution in [2.24, 2.45) is 0 Å². The Kier molecular flexibility index (Phi) is 7.63. The molecule has 5 heteroatoms. The largest absolute Gasteiger partial charge is 0.394 e. The van der Waals surface area contributed by atoms with Gasteiger partial charge in [0.1, 0.15) is 6.04 Å². The maximum Gasteiger partial charge on any atom is 0.247 e. The Labute approximate surface area is 201 Å². The van der Waals surface area contributed by atoms with Crippen LogP contribution < -0.4 is 5.32 Å². The smallest absolute Gasteiger partial charge is 0.247 e. The molecule has 1 atom stereocenters. The fourth-order valence-electron chi connectivity index (χ4n) is 5.00. The number of carbonyl (C=O) groups excluding carboxylic acids is 2. The lowest BCUT2D eigenvalue weighted by molar-refractivity contribution is -0.137. The van der Waals surface area contributed by atoms with Crippen LogP contribution in [0.5, 0.6) is 0 Å². The Balaban J connectivity index is 1.43. The van der Waals surface area contributed by atoms with E-state index in [1.165, 1.54) is 37.9 Å². The number of aliphatic hydroxyl groups is 1. The van der Waals surface area contributed by atoms with E-state index in [0.29, 0.717) is 25.9 Å². The number of rotatable bonds is 11. The highest BCUT2D eigenvalue weighted by molar-refractivity contribution is 6.23. The molecule has 0 bridgehead atoms. The molecule has 34 heavy (non-hydrogen) atoms. The van der Waals surface area contributed by atoms with Gasteiger partial charge in [-0.25, -0.2) is 0 Å². The number of carbonyl (C=O) groups is 2. The molecule has 0 heterocycles. The molecule has 0 aliphatic carbocycles. The van der Waals surface area contributed by atoms with Gasteiger partial charge in [0.05, 0.1) is 6.61 Å². The molecule has 2 N–H and O–H groups in total. The van der Waals surface area contributed by atoms with Gasteiger partial charge in [-0.1, -0.05) is 68.4 Å². The molecule has 0 saturated heterocycles. The van der Waals surface area contributed by atoms with Crippen molar-refractivity contribution >= 4 is 44.1 Å². The van der Waals surface area contributed by atoms with E-state index in [1.807, 2.05) is 13.8 Å². The second-order valence-corrected chi connectivity index (χ2v) is 9.06. The molecule has 4 rings (SSSR count). The molecule has 0 saturated carbocycles. The number of nitrogens with zero attached hydrogens (tertiary/aromatic N) is 1. The molecule has 178 valence electrons. The molecule has 0 spiro atoms. The van der Waals surface area contributed by atoms with E-state index in [4.69, 9.17) is 0 Å². The highest BCUT2D eigenvalue weighted by Gasteiger charge is 2.24. The van der Waals surface area contributed by atoms with Gasteiger partial charge in [-0.05, 0) is 63.6 Å². The summed E-state index contributed by atoms with van der Waals surface area (Å²) in [4.78, 5) is 27.1. The van der Waals surface area contributed by atoms with Crippen LogP contribution in [0.25, 0.3) is 32.3 Å². The van der Waals surface area contributed by atoms with Gasteiger partial charge in [-0.15, -0.1) is 0 Å². The maximum absolute atomic E-state index is 12.7. The summed E-state index contributed by atoms with van der Waals surface area (Å²) in [6.07, 6.45) is 3.45. The minimum absolute atomic E-state index is 0.196. The van der Waals surface area contributed by atoms with Crippen LogP contribution >= 0.6 is 0 Å². The van der Waals surface area contributed by atoms with E-state index in [1.54, 1.807) is 4.90 Å². The lowest BCUT2D eigenvalue weighted by atomic mass is 9.90. The van der Waals surface area contributed by atoms with Gasteiger partial charge in [0.25, 0.3) is 0 Å². The van der Waals surface area contributed by atoms with Crippen molar-refractivity contribution in [1.29, 1.82) is 0 Å². The summed E-state index contributed by atoms with van der Waals surface area (Å²) in [5, 5.41) is 20.0. The number of amides is 2. The Morgan fingerprint density at radius 2 is 1.50 bits per heavy atom. The molecule has 0 aromatic heterocycles. The summed E-state index contributed by atoms with van der Waals surface area (Å²) >= 11 is 0. The molecule has 4 aromatic rings. The van der Waals surface area contributed by atoms with Crippen molar-refractivity contribution in [3.8, 4) is 0 Å². The molecule has 0 aliphatic rings. The Morgan fingerprint density at radius 3 is 2.15 bits per heavy atom. The molecule has 4 aromatic carbocycles. The minimum Gasteiger partial charge on any atom is -0.394 e.